The summed E-state index contributed by atoms with van der Waals surface area (Å²) in [6, 6.07) is 9.55. The zero-order valence-electron chi connectivity index (χ0n) is 13.2. The largest absolute Gasteiger partial charge is 0.497 e. The molecule has 7 nitrogen and oxygen atoms in total. The quantitative estimate of drug-likeness (QED) is 0.664. The number of furan rings is 1. The molecule has 1 aliphatic rings. The number of nitrogens with zero attached hydrogens (tertiary/aromatic N) is 1. The van der Waals surface area contributed by atoms with Crippen LogP contribution in [0.25, 0.3) is 0 Å². The van der Waals surface area contributed by atoms with E-state index in [2.05, 4.69) is 10.5 Å². The maximum atomic E-state index is 12.7. The number of methoxy groups -OCH3 is 2. The van der Waals surface area contributed by atoms with E-state index in [9.17, 15) is 9.59 Å². The van der Waals surface area contributed by atoms with E-state index in [1.165, 1.54) is 13.4 Å². The smallest absolute Gasteiger partial charge is 0.354 e. The zero-order chi connectivity index (χ0) is 17.1. The Hall–Kier alpha value is -3.09. The lowest BCUT2D eigenvalue weighted by molar-refractivity contribution is -0.132. The first-order valence-corrected chi connectivity index (χ1v) is 7.28. The number of rotatable bonds is 5. The zero-order valence-corrected chi connectivity index (χ0v) is 13.2. The molecular weight excluding hydrogens is 312 g/mol. The Morgan fingerprint density at radius 2 is 1.92 bits per heavy atom. The number of carbonyl (C=O) groups excluding carboxylic acids is 2. The minimum absolute atomic E-state index is 0.146. The fraction of sp³-hybridized carbons (Fsp3) is 0.235. The first-order chi connectivity index (χ1) is 11.7. The molecule has 3 rings (SSSR count). The Bertz CT molecular complexity index is 765. The van der Waals surface area contributed by atoms with E-state index in [1.807, 2.05) is 0 Å². The Kier molecular flexibility index (Phi) is 4.33. The molecular formula is C17H16N2O5. The van der Waals surface area contributed by atoms with Crippen molar-refractivity contribution in [3.8, 4) is 5.75 Å². The summed E-state index contributed by atoms with van der Waals surface area (Å²) in [6.45, 7) is 0. The highest BCUT2D eigenvalue weighted by atomic mass is 16.5. The minimum atomic E-state index is -0.751. The van der Waals surface area contributed by atoms with Crippen molar-refractivity contribution >= 4 is 17.5 Å². The van der Waals surface area contributed by atoms with Gasteiger partial charge < -0.3 is 13.9 Å². The Morgan fingerprint density at radius 1 is 1.17 bits per heavy atom. The summed E-state index contributed by atoms with van der Waals surface area (Å²) in [7, 11) is 2.84. The van der Waals surface area contributed by atoms with Crippen LogP contribution in [-0.2, 0) is 9.53 Å². The van der Waals surface area contributed by atoms with Crippen molar-refractivity contribution in [3.05, 3.63) is 54.0 Å². The lowest BCUT2D eigenvalue weighted by Gasteiger charge is -2.18. The first kappa shape index (κ1) is 15.8. The second-order valence-electron chi connectivity index (χ2n) is 5.19. The van der Waals surface area contributed by atoms with Crippen LogP contribution in [0.2, 0.25) is 0 Å². The second-order valence-corrected chi connectivity index (χ2v) is 5.19. The predicted molar refractivity (Wildman–Crippen MR) is 85.1 cm³/mol. The predicted octanol–water partition coefficient (Wildman–Crippen LogP) is 1.76. The average molecular weight is 328 g/mol. The van der Waals surface area contributed by atoms with Gasteiger partial charge in [0.15, 0.2) is 11.5 Å². The molecule has 124 valence electrons. The number of nitrogens with one attached hydrogen (secondary N) is 1. The molecule has 1 aliphatic heterocycles. The molecule has 2 atom stereocenters. The van der Waals surface area contributed by atoms with Crippen LogP contribution < -0.4 is 10.2 Å². The number of hydrogen-bond donors (Lipinski definition) is 1. The monoisotopic (exact) mass is 328 g/mol. The van der Waals surface area contributed by atoms with Crippen molar-refractivity contribution in [1.82, 2.24) is 5.43 Å². The van der Waals surface area contributed by atoms with Gasteiger partial charge >= 0.3 is 5.97 Å². The van der Waals surface area contributed by atoms with Gasteiger partial charge in [0.1, 0.15) is 11.8 Å². The van der Waals surface area contributed by atoms with Crippen LogP contribution in [0.4, 0.5) is 0 Å². The van der Waals surface area contributed by atoms with Crippen LogP contribution in [0.15, 0.2) is 52.2 Å². The summed E-state index contributed by atoms with van der Waals surface area (Å²) in [6.07, 6.45) is 1.42. The van der Waals surface area contributed by atoms with Gasteiger partial charge in [0.2, 0.25) is 5.78 Å². The Morgan fingerprint density at radius 3 is 2.50 bits per heavy atom. The lowest BCUT2D eigenvalue weighted by Crippen LogP contribution is -2.37. The molecule has 2 aromatic rings. The summed E-state index contributed by atoms with van der Waals surface area (Å²) < 4.78 is 15.1. The molecule has 0 spiro atoms. The van der Waals surface area contributed by atoms with Crippen LogP contribution in [-0.4, -0.2) is 37.7 Å². The van der Waals surface area contributed by atoms with E-state index in [0.29, 0.717) is 5.75 Å². The maximum absolute atomic E-state index is 12.7. The normalized spacial score (nSPS) is 19.3. The highest BCUT2D eigenvalue weighted by molar-refractivity contribution is 6.40. The number of hydrazone groups is 1. The number of Topliss-reactive ketones (excluding diaryl/α,β-unsaturated/α-hetero) is 1. The Balaban J connectivity index is 1.97. The fourth-order valence-corrected chi connectivity index (χ4v) is 2.66. The number of carbonyl (C=O) groups is 2. The fourth-order valence-electron chi connectivity index (χ4n) is 2.66. The molecule has 0 saturated carbocycles. The third kappa shape index (κ3) is 2.76. The van der Waals surface area contributed by atoms with Crippen molar-refractivity contribution in [2.45, 2.75) is 12.0 Å². The average Bonchev–Trinajstić information content (AvgIpc) is 3.30. The molecule has 0 fully saturated rings. The number of esters is 1. The highest BCUT2D eigenvalue weighted by Gasteiger charge is 2.42. The number of ether oxygens (including phenoxy) is 2. The van der Waals surface area contributed by atoms with Crippen molar-refractivity contribution in [3.63, 3.8) is 0 Å². The molecule has 0 bridgehead atoms. The Labute approximate surface area is 138 Å². The molecule has 1 aromatic carbocycles. The summed E-state index contributed by atoms with van der Waals surface area (Å²) in [5, 5.41) is 4.02. The number of hydrogen-bond acceptors (Lipinski definition) is 7. The molecule has 0 unspecified atom stereocenters. The standard InChI is InChI=1S/C17H16N2O5/c1-22-11-7-5-10(6-8-11)13-14(16(20)12-4-3-9-24-12)18-19-15(13)17(21)23-2/h3-9,13-14,18H,1-2H3/t13-,14+/m0/s1. The van der Waals surface area contributed by atoms with Gasteiger partial charge in [0.05, 0.1) is 26.4 Å². The molecule has 0 saturated heterocycles. The molecule has 0 amide bonds. The van der Waals surface area contributed by atoms with Crippen LogP contribution in [0.3, 0.4) is 0 Å². The van der Waals surface area contributed by atoms with Gasteiger partial charge in [-0.05, 0) is 29.8 Å². The van der Waals surface area contributed by atoms with Crippen LogP contribution in [0, 0.1) is 0 Å². The van der Waals surface area contributed by atoms with Crippen LogP contribution in [0.1, 0.15) is 22.0 Å². The number of ketones is 1. The molecule has 1 aromatic heterocycles. The molecule has 24 heavy (non-hydrogen) atoms. The third-order valence-electron chi connectivity index (χ3n) is 3.87. The van der Waals surface area contributed by atoms with Gasteiger partial charge in [-0.15, -0.1) is 0 Å². The van der Waals surface area contributed by atoms with Crippen LogP contribution >= 0.6 is 0 Å². The molecule has 0 aliphatic carbocycles. The van der Waals surface area contributed by atoms with Gasteiger partial charge in [0, 0.05) is 0 Å². The number of benzene rings is 1. The van der Waals surface area contributed by atoms with E-state index in [1.54, 1.807) is 43.5 Å². The summed E-state index contributed by atoms with van der Waals surface area (Å²) in [4.78, 5) is 24.7. The third-order valence-corrected chi connectivity index (χ3v) is 3.87. The maximum Gasteiger partial charge on any atom is 0.354 e. The van der Waals surface area contributed by atoms with E-state index in [-0.39, 0.29) is 17.3 Å². The van der Waals surface area contributed by atoms with E-state index >= 15 is 0 Å². The lowest BCUT2D eigenvalue weighted by atomic mass is 9.85. The molecule has 2 heterocycles. The van der Waals surface area contributed by atoms with E-state index in [4.69, 9.17) is 13.9 Å². The van der Waals surface area contributed by atoms with E-state index in [0.717, 1.165) is 5.56 Å². The van der Waals surface area contributed by atoms with E-state index < -0.39 is 17.9 Å². The van der Waals surface area contributed by atoms with Gasteiger partial charge in [-0.2, -0.15) is 5.10 Å². The molecule has 0 radical (unpaired) electrons. The van der Waals surface area contributed by atoms with Crippen molar-refractivity contribution < 1.29 is 23.5 Å². The molecule has 7 heteroatoms. The molecule has 1 N–H and O–H groups in total. The SMILES string of the molecule is COC(=O)C1=NN[C@@H](C(=O)c2ccco2)[C@@H]1c1ccc(OC)cc1. The second kappa shape index (κ2) is 6.57. The highest BCUT2D eigenvalue weighted by Crippen LogP contribution is 2.30. The topological polar surface area (TPSA) is 90.1 Å². The minimum Gasteiger partial charge on any atom is -0.497 e. The summed E-state index contributed by atoms with van der Waals surface area (Å²) >= 11 is 0. The van der Waals surface area contributed by atoms with Crippen LogP contribution in [0.5, 0.6) is 5.75 Å². The summed E-state index contributed by atoms with van der Waals surface area (Å²) in [5.41, 5.74) is 3.62. The summed E-state index contributed by atoms with van der Waals surface area (Å²) in [5.74, 6) is -0.579. The van der Waals surface area contributed by atoms with Crippen molar-refractivity contribution in [1.29, 1.82) is 0 Å². The van der Waals surface area contributed by atoms with Gasteiger partial charge in [-0.1, -0.05) is 12.1 Å². The van der Waals surface area contributed by atoms with Crippen molar-refractivity contribution in [2.75, 3.05) is 14.2 Å². The van der Waals surface area contributed by atoms with Gasteiger partial charge in [-0.3, -0.25) is 10.2 Å². The van der Waals surface area contributed by atoms with Crippen molar-refractivity contribution in [2.24, 2.45) is 5.10 Å². The van der Waals surface area contributed by atoms with Gasteiger partial charge in [0.25, 0.3) is 0 Å². The van der Waals surface area contributed by atoms with Gasteiger partial charge in [-0.25, -0.2) is 4.79 Å². The first-order valence-electron chi connectivity index (χ1n) is 7.28.